The summed E-state index contributed by atoms with van der Waals surface area (Å²) in [5.74, 6) is -2.95. The van der Waals surface area contributed by atoms with Crippen molar-refractivity contribution in [1.29, 1.82) is 0 Å². The molecule has 8 nitrogen and oxygen atoms in total. The highest BCUT2D eigenvalue weighted by Crippen LogP contribution is 2.60. The number of nitrogens with zero attached hydrogens (tertiary/aromatic N) is 1. The van der Waals surface area contributed by atoms with E-state index in [1.54, 1.807) is 31.2 Å². The Kier molecular flexibility index (Phi) is 5.82. The summed E-state index contributed by atoms with van der Waals surface area (Å²) in [5, 5.41) is 12.9. The predicted molar refractivity (Wildman–Crippen MR) is 111 cm³/mol. The van der Waals surface area contributed by atoms with E-state index in [1.807, 2.05) is 0 Å². The van der Waals surface area contributed by atoms with Gasteiger partial charge in [0.2, 0.25) is 11.8 Å². The molecule has 3 heterocycles. The number of aliphatic hydroxyl groups excluding tert-OH is 1. The van der Waals surface area contributed by atoms with Crippen LogP contribution >= 0.6 is 27.5 Å². The number of ether oxygens (including phenoxy) is 2. The van der Waals surface area contributed by atoms with Crippen LogP contribution in [0.15, 0.2) is 24.3 Å². The summed E-state index contributed by atoms with van der Waals surface area (Å²) < 4.78 is 11.4. The van der Waals surface area contributed by atoms with E-state index in [2.05, 4.69) is 21.2 Å². The van der Waals surface area contributed by atoms with Gasteiger partial charge in [-0.2, -0.15) is 0 Å². The molecule has 1 aromatic carbocycles. The van der Waals surface area contributed by atoms with Crippen LogP contribution < -0.4 is 5.32 Å². The molecule has 3 aliphatic rings. The van der Waals surface area contributed by atoms with E-state index in [-0.39, 0.29) is 30.5 Å². The fourth-order valence-electron chi connectivity index (χ4n) is 5.03. The molecule has 2 amide bonds. The average Bonchev–Trinajstić information content (AvgIpc) is 3.28. The highest BCUT2D eigenvalue weighted by atomic mass is 79.9. The molecule has 4 rings (SSSR count). The maximum atomic E-state index is 13.3. The van der Waals surface area contributed by atoms with Crippen LogP contribution in [-0.4, -0.2) is 70.1 Å². The number of likely N-dealkylation sites (tertiary alicyclic amines) is 1. The van der Waals surface area contributed by atoms with E-state index in [0.29, 0.717) is 17.1 Å². The molecule has 0 radical (unpaired) electrons. The van der Waals surface area contributed by atoms with Crippen LogP contribution in [0.25, 0.3) is 0 Å². The van der Waals surface area contributed by atoms with Crippen molar-refractivity contribution < 1.29 is 29.0 Å². The summed E-state index contributed by atoms with van der Waals surface area (Å²) in [4.78, 5) is 40.4. The van der Waals surface area contributed by atoms with E-state index < -0.39 is 41.5 Å². The Morgan fingerprint density at radius 2 is 2.10 bits per heavy atom. The second-order valence-corrected chi connectivity index (χ2v) is 9.28. The molecule has 2 N–H and O–H groups in total. The number of carbonyl (C=O) groups excluding carboxylic acids is 3. The number of fused-ring (bicyclic) bond motifs is 1. The van der Waals surface area contributed by atoms with Crippen LogP contribution in [0.3, 0.4) is 0 Å². The lowest BCUT2D eigenvalue weighted by atomic mass is 9.70. The smallest absolute Gasteiger partial charge is 0.312 e. The normalized spacial score (nSPS) is 34.2. The van der Waals surface area contributed by atoms with E-state index in [1.165, 1.54) is 4.90 Å². The second kappa shape index (κ2) is 8.11. The Hall–Kier alpha value is -1.68. The number of halogens is 2. The van der Waals surface area contributed by atoms with Gasteiger partial charge in [0.1, 0.15) is 11.6 Å². The molecule has 6 atom stereocenters. The Morgan fingerprint density at radius 1 is 1.40 bits per heavy atom. The third kappa shape index (κ3) is 3.23. The summed E-state index contributed by atoms with van der Waals surface area (Å²) in [6.45, 7) is 1.53. The number of anilines is 1. The van der Waals surface area contributed by atoms with E-state index in [9.17, 15) is 19.5 Å². The van der Waals surface area contributed by atoms with E-state index in [0.717, 1.165) is 0 Å². The monoisotopic (exact) mass is 500 g/mol. The Morgan fingerprint density at radius 3 is 2.73 bits per heavy atom. The largest absolute Gasteiger partial charge is 0.466 e. The van der Waals surface area contributed by atoms with Crippen molar-refractivity contribution in [3.63, 3.8) is 0 Å². The number of benzene rings is 1. The van der Waals surface area contributed by atoms with Crippen LogP contribution in [0.1, 0.15) is 13.3 Å². The zero-order valence-corrected chi connectivity index (χ0v) is 18.6. The van der Waals surface area contributed by atoms with Crippen molar-refractivity contribution in [1.82, 2.24) is 4.90 Å². The van der Waals surface area contributed by atoms with Gasteiger partial charge in [-0.05, 0) is 37.6 Å². The molecule has 0 aromatic heterocycles. The van der Waals surface area contributed by atoms with Crippen molar-refractivity contribution in [3.05, 3.63) is 29.3 Å². The molecule has 1 aromatic rings. The lowest BCUT2D eigenvalue weighted by Crippen LogP contribution is -2.54. The number of rotatable bonds is 6. The number of aliphatic hydroxyl groups is 1. The lowest BCUT2D eigenvalue weighted by molar-refractivity contribution is -0.154. The average molecular weight is 502 g/mol. The topological polar surface area (TPSA) is 105 Å². The van der Waals surface area contributed by atoms with Crippen molar-refractivity contribution in [2.24, 2.45) is 11.8 Å². The lowest BCUT2D eigenvalue weighted by Gasteiger charge is -2.33. The SMILES string of the molecule is CCOC(=O)[C@H]1[C@@H]2O[C@@]3(CC2Br)[C@@H]1C(=O)N(CCO)[C@@H]3C(=O)Nc1ccc(Cl)cc1. The Balaban J connectivity index is 1.70. The summed E-state index contributed by atoms with van der Waals surface area (Å²) in [6, 6.07) is 5.62. The molecule has 1 unspecified atom stereocenters. The number of esters is 1. The third-order valence-electron chi connectivity index (χ3n) is 6.05. The molecular weight excluding hydrogens is 480 g/mol. The maximum absolute atomic E-state index is 13.3. The first-order valence-electron chi connectivity index (χ1n) is 9.80. The van der Waals surface area contributed by atoms with Crippen molar-refractivity contribution >= 4 is 51.0 Å². The summed E-state index contributed by atoms with van der Waals surface area (Å²) in [6.07, 6.45) is -0.162. The fourth-order valence-corrected chi connectivity index (χ4v) is 6.10. The molecule has 1 spiro atoms. The highest BCUT2D eigenvalue weighted by Gasteiger charge is 2.76. The van der Waals surface area contributed by atoms with Crippen molar-refractivity contribution in [2.45, 2.75) is 35.9 Å². The molecule has 3 saturated heterocycles. The molecule has 2 bridgehead atoms. The summed E-state index contributed by atoms with van der Waals surface area (Å²) >= 11 is 9.47. The Bertz CT molecular complexity index is 867. The van der Waals surface area contributed by atoms with Gasteiger partial charge in [-0.1, -0.05) is 27.5 Å². The number of carbonyl (C=O) groups is 3. The second-order valence-electron chi connectivity index (χ2n) is 7.67. The fraction of sp³-hybridized carbons (Fsp3) is 0.550. The number of amides is 2. The maximum Gasteiger partial charge on any atom is 0.312 e. The number of β-amino-alcohol motifs (C(OH)–C–C–N with tert-alkyl or cyclic N) is 1. The molecule has 0 aliphatic carbocycles. The third-order valence-corrected chi connectivity index (χ3v) is 7.15. The van der Waals surface area contributed by atoms with E-state index in [4.69, 9.17) is 21.1 Å². The van der Waals surface area contributed by atoms with Crippen LogP contribution in [0, 0.1) is 11.8 Å². The van der Waals surface area contributed by atoms with Gasteiger partial charge in [-0.3, -0.25) is 14.4 Å². The quantitative estimate of drug-likeness (QED) is 0.453. The van der Waals surface area contributed by atoms with Crippen LogP contribution in [0.4, 0.5) is 5.69 Å². The van der Waals surface area contributed by atoms with Crippen LogP contribution in [0.2, 0.25) is 5.02 Å². The van der Waals surface area contributed by atoms with Gasteiger partial charge in [0.15, 0.2) is 0 Å². The van der Waals surface area contributed by atoms with Gasteiger partial charge in [0.05, 0.1) is 31.2 Å². The number of nitrogens with one attached hydrogen (secondary N) is 1. The minimum atomic E-state index is -1.17. The molecule has 3 fully saturated rings. The Labute approximate surface area is 187 Å². The number of hydrogen-bond donors (Lipinski definition) is 2. The minimum Gasteiger partial charge on any atom is -0.466 e. The first-order chi connectivity index (χ1) is 14.3. The molecule has 10 heteroatoms. The highest BCUT2D eigenvalue weighted by molar-refractivity contribution is 9.09. The zero-order valence-electron chi connectivity index (χ0n) is 16.2. The molecule has 3 aliphatic heterocycles. The van der Waals surface area contributed by atoms with Crippen molar-refractivity contribution in [2.75, 3.05) is 25.1 Å². The number of alkyl halides is 1. The molecule has 30 heavy (non-hydrogen) atoms. The predicted octanol–water partition coefficient (Wildman–Crippen LogP) is 1.58. The van der Waals surface area contributed by atoms with Gasteiger partial charge >= 0.3 is 5.97 Å². The van der Waals surface area contributed by atoms with E-state index >= 15 is 0 Å². The molecule has 0 saturated carbocycles. The zero-order chi connectivity index (χ0) is 21.6. The van der Waals surface area contributed by atoms with Gasteiger partial charge in [0, 0.05) is 22.1 Å². The molecule has 162 valence electrons. The van der Waals surface area contributed by atoms with Gasteiger partial charge < -0.3 is 24.8 Å². The minimum absolute atomic E-state index is 0.0354. The van der Waals surface area contributed by atoms with Gasteiger partial charge in [-0.25, -0.2) is 0 Å². The van der Waals surface area contributed by atoms with Gasteiger partial charge in [-0.15, -0.1) is 0 Å². The standard InChI is InChI=1S/C20H22BrClN2O6/c1-2-29-19(28)13-14-18(27)24(7-8-25)16(20(14)9-12(21)15(13)30-20)17(26)23-11-5-3-10(22)4-6-11/h3-6,12-16,25H,2,7-9H2,1H3,(H,23,26)/t12?,13-,14+,15-,16-,20+/m1/s1. The first kappa shape index (κ1) is 21.5. The van der Waals surface area contributed by atoms with Crippen LogP contribution in [-0.2, 0) is 23.9 Å². The summed E-state index contributed by atoms with van der Waals surface area (Å²) in [7, 11) is 0. The van der Waals surface area contributed by atoms with Crippen LogP contribution in [0.5, 0.6) is 0 Å². The first-order valence-corrected chi connectivity index (χ1v) is 11.1. The van der Waals surface area contributed by atoms with Crippen molar-refractivity contribution in [3.8, 4) is 0 Å². The van der Waals surface area contributed by atoms with Gasteiger partial charge in [0.25, 0.3) is 0 Å². The number of hydrogen-bond acceptors (Lipinski definition) is 6. The molecular formula is C20H22BrClN2O6. The summed E-state index contributed by atoms with van der Waals surface area (Å²) in [5.41, 5.74) is -0.649.